The minimum absolute atomic E-state index is 0.0594. The van der Waals surface area contributed by atoms with Gasteiger partial charge in [-0.05, 0) is 37.0 Å². The first-order chi connectivity index (χ1) is 17.8. The Morgan fingerprint density at radius 2 is 1.86 bits per heavy atom. The summed E-state index contributed by atoms with van der Waals surface area (Å²) in [5.41, 5.74) is 4.46. The zero-order valence-electron chi connectivity index (χ0n) is 22.2. The van der Waals surface area contributed by atoms with Crippen LogP contribution in [0.2, 0.25) is 0 Å². The fourth-order valence-electron chi connectivity index (χ4n) is 5.53. The smallest absolute Gasteiger partial charge is 0.271 e. The van der Waals surface area contributed by atoms with Crippen LogP contribution in [-0.2, 0) is 23.2 Å². The number of amides is 2. The number of aliphatic hydroxyl groups is 1. The van der Waals surface area contributed by atoms with E-state index >= 15 is 0 Å². The van der Waals surface area contributed by atoms with Gasteiger partial charge in [0.2, 0.25) is 5.91 Å². The molecule has 0 unspecified atom stereocenters. The van der Waals surface area contributed by atoms with E-state index in [9.17, 15) is 14.7 Å². The lowest BCUT2D eigenvalue weighted by atomic mass is 9.96. The van der Waals surface area contributed by atoms with Crippen LogP contribution in [0.15, 0.2) is 48.5 Å². The van der Waals surface area contributed by atoms with Gasteiger partial charge in [-0.3, -0.25) is 9.59 Å². The zero-order valence-corrected chi connectivity index (χ0v) is 22.2. The molecular formula is C30H37N3O4. The summed E-state index contributed by atoms with van der Waals surface area (Å²) in [5.74, 6) is 0.135. The topological polar surface area (TPSA) is 75.0 Å². The van der Waals surface area contributed by atoms with Crippen LogP contribution in [0.5, 0.6) is 0 Å². The number of benzene rings is 2. The molecule has 1 saturated carbocycles. The number of ether oxygens (including phenoxy) is 1. The lowest BCUT2D eigenvalue weighted by Gasteiger charge is -2.35. The van der Waals surface area contributed by atoms with Gasteiger partial charge in [-0.25, -0.2) is 0 Å². The summed E-state index contributed by atoms with van der Waals surface area (Å²) in [5, 5.41) is 11.1. The number of carbonyl (C=O) groups is 2. The Bertz CT molecular complexity index is 1310. The molecule has 0 radical (unpaired) electrons. The van der Waals surface area contributed by atoms with E-state index in [4.69, 9.17) is 4.74 Å². The number of aromatic nitrogens is 1. The molecule has 1 aliphatic carbocycles. The minimum atomic E-state index is -0.372. The molecule has 196 valence electrons. The van der Waals surface area contributed by atoms with Crippen LogP contribution in [0.25, 0.3) is 22.0 Å². The lowest BCUT2D eigenvalue weighted by Crippen LogP contribution is -2.48. The van der Waals surface area contributed by atoms with Gasteiger partial charge in [-0.1, -0.05) is 49.4 Å². The van der Waals surface area contributed by atoms with E-state index in [1.807, 2.05) is 55.9 Å². The Kier molecular flexibility index (Phi) is 7.10. The molecule has 3 atom stereocenters. The third-order valence-corrected chi connectivity index (χ3v) is 7.98. The van der Waals surface area contributed by atoms with Crippen molar-refractivity contribution in [1.29, 1.82) is 0 Å². The SMILES string of the molecule is C[C@@H]1CN([C@H](C)CO)C(=O)c2c(c3ccccc3n2C)-c2ccccc2CO[C@H]1CN(C)C(=O)C1CC1. The molecule has 1 fully saturated rings. The van der Waals surface area contributed by atoms with Crippen LogP contribution >= 0.6 is 0 Å². The first-order valence-electron chi connectivity index (χ1n) is 13.3. The highest BCUT2D eigenvalue weighted by Crippen LogP contribution is 2.38. The average molecular weight is 504 g/mol. The van der Waals surface area contributed by atoms with Crippen molar-refractivity contribution >= 4 is 22.7 Å². The second-order valence-corrected chi connectivity index (χ2v) is 10.8. The van der Waals surface area contributed by atoms with Crippen molar-refractivity contribution < 1.29 is 19.4 Å². The predicted molar refractivity (Wildman–Crippen MR) is 144 cm³/mol. The van der Waals surface area contributed by atoms with Crippen molar-refractivity contribution in [3.8, 4) is 11.1 Å². The number of para-hydroxylation sites is 1. The maximum Gasteiger partial charge on any atom is 0.271 e. The Hall–Kier alpha value is -3.16. The van der Waals surface area contributed by atoms with Crippen molar-refractivity contribution in [1.82, 2.24) is 14.4 Å². The molecule has 7 heteroatoms. The quantitative estimate of drug-likeness (QED) is 0.570. The first-order valence-corrected chi connectivity index (χ1v) is 13.3. The van der Waals surface area contributed by atoms with Gasteiger partial charge in [0.1, 0.15) is 5.69 Å². The number of fused-ring (bicyclic) bond motifs is 5. The molecule has 3 aromatic rings. The number of aryl methyl sites for hydroxylation is 1. The van der Waals surface area contributed by atoms with Crippen molar-refractivity contribution in [2.45, 2.75) is 45.4 Å². The highest BCUT2D eigenvalue weighted by Gasteiger charge is 2.36. The van der Waals surface area contributed by atoms with Crippen LogP contribution in [-0.4, -0.2) is 70.2 Å². The molecule has 0 spiro atoms. The number of carbonyl (C=O) groups excluding carboxylic acids is 2. The van der Waals surface area contributed by atoms with Crippen LogP contribution < -0.4 is 0 Å². The minimum Gasteiger partial charge on any atom is -0.394 e. The summed E-state index contributed by atoms with van der Waals surface area (Å²) < 4.78 is 8.54. The standard InChI is InChI=1S/C30H37N3O4/c1-19-15-33(20(2)17-34)30(36)28-27(24-11-7-8-12-25(24)32(28)4)23-10-6-5-9-22(23)18-37-26(19)16-31(3)29(35)21-13-14-21/h5-12,19-21,26,34H,13-18H2,1-4H3/t19-,20-,26+/m1/s1. The Balaban J connectivity index is 1.63. The summed E-state index contributed by atoms with van der Waals surface area (Å²) in [6, 6.07) is 15.8. The molecule has 0 saturated heterocycles. The Labute approximate surface area is 218 Å². The molecule has 1 N–H and O–H groups in total. The van der Waals surface area contributed by atoms with E-state index in [1.165, 1.54) is 0 Å². The lowest BCUT2D eigenvalue weighted by molar-refractivity contribution is -0.134. The molecule has 5 rings (SSSR count). The average Bonchev–Trinajstić information content (AvgIpc) is 3.72. The molecule has 37 heavy (non-hydrogen) atoms. The van der Waals surface area contributed by atoms with Crippen LogP contribution in [0.3, 0.4) is 0 Å². The molecule has 1 aromatic heterocycles. The van der Waals surface area contributed by atoms with Crippen LogP contribution in [0.1, 0.15) is 42.7 Å². The van der Waals surface area contributed by atoms with Gasteiger partial charge in [0, 0.05) is 55.5 Å². The summed E-state index contributed by atoms with van der Waals surface area (Å²) in [6.07, 6.45) is 1.65. The van der Waals surface area contributed by atoms with Crippen molar-refractivity contribution in [2.75, 3.05) is 26.7 Å². The number of hydrogen-bond donors (Lipinski definition) is 1. The molecule has 2 amide bonds. The molecule has 7 nitrogen and oxygen atoms in total. The molecule has 2 heterocycles. The number of aliphatic hydroxyl groups excluding tert-OH is 1. The summed E-state index contributed by atoms with van der Waals surface area (Å²) in [6.45, 7) is 5.05. The highest BCUT2D eigenvalue weighted by atomic mass is 16.5. The van der Waals surface area contributed by atoms with E-state index in [0.717, 1.165) is 40.4 Å². The normalized spacial score (nSPS) is 21.2. The number of rotatable bonds is 5. The Morgan fingerprint density at radius 3 is 2.59 bits per heavy atom. The Morgan fingerprint density at radius 1 is 1.16 bits per heavy atom. The summed E-state index contributed by atoms with van der Waals surface area (Å²) in [4.78, 5) is 30.6. The number of hydrogen-bond acceptors (Lipinski definition) is 4. The molecule has 2 aliphatic rings. The monoisotopic (exact) mass is 503 g/mol. The largest absolute Gasteiger partial charge is 0.394 e. The molecule has 0 bridgehead atoms. The molecule has 1 aliphatic heterocycles. The van der Waals surface area contributed by atoms with E-state index < -0.39 is 0 Å². The maximum atomic E-state index is 14.3. The zero-order chi connectivity index (χ0) is 26.3. The second-order valence-electron chi connectivity index (χ2n) is 10.8. The third-order valence-electron chi connectivity index (χ3n) is 7.98. The van der Waals surface area contributed by atoms with E-state index in [1.54, 1.807) is 9.80 Å². The van der Waals surface area contributed by atoms with Gasteiger partial charge in [0.15, 0.2) is 0 Å². The van der Waals surface area contributed by atoms with Gasteiger partial charge >= 0.3 is 0 Å². The van der Waals surface area contributed by atoms with Crippen molar-refractivity contribution in [2.24, 2.45) is 18.9 Å². The van der Waals surface area contributed by atoms with Gasteiger partial charge in [0.25, 0.3) is 5.91 Å². The molecular weight excluding hydrogens is 466 g/mol. The summed E-state index contributed by atoms with van der Waals surface area (Å²) in [7, 11) is 3.78. The van der Waals surface area contributed by atoms with Gasteiger partial charge in [-0.15, -0.1) is 0 Å². The van der Waals surface area contributed by atoms with Crippen molar-refractivity contribution in [3.63, 3.8) is 0 Å². The van der Waals surface area contributed by atoms with E-state index in [2.05, 4.69) is 25.1 Å². The fourth-order valence-corrected chi connectivity index (χ4v) is 5.53. The number of nitrogens with zero attached hydrogens (tertiary/aromatic N) is 3. The second kappa shape index (κ2) is 10.3. The highest BCUT2D eigenvalue weighted by molar-refractivity contribution is 6.10. The van der Waals surface area contributed by atoms with E-state index in [-0.39, 0.29) is 42.4 Å². The fraction of sp³-hybridized carbons (Fsp3) is 0.467. The third kappa shape index (κ3) is 4.78. The first kappa shape index (κ1) is 25.5. The number of likely N-dealkylation sites (N-methyl/N-ethyl adjacent to an activating group) is 1. The van der Waals surface area contributed by atoms with Crippen LogP contribution in [0, 0.1) is 11.8 Å². The van der Waals surface area contributed by atoms with Crippen molar-refractivity contribution in [3.05, 3.63) is 59.8 Å². The summed E-state index contributed by atoms with van der Waals surface area (Å²) >= 11 is 0. The van der Waals surface area contributed by atoms with Crippen LogP contribution in [0.4, 0.5) is 0 Å². The van der Waals surface area contributed by atoms with Gasteiger partial charge < -0.3 is 24.2 Å². The molecule has 2 aromatic carbocycles. The predicted octanol–water partition coefficient (Wildman–Crippen LogP) is 4.07. The maximum absolute atomic E-state index is 14.3. The van der Waals surface area contributed by atoms with Gasteiger partial charge in [0.05, 0.1) is 25.4 Å². The van der Waals surface area contributed by atoms with Gasteiger partial charge in [-0.2, -0.15) is 0 Å². The van der Waals surface area contributed by atoms with E-state index in [0.29, 0.717) is 25.4 Å².